The summed E-state index contributed by atoms with van der Waals surface area (Å²) in [7, 11) is 1.34. The van der Waals surface area contributed by atoms with E-state index in [1.165, 1.54) is 32.4 Å². The number of halogens is 3. The van der Waals surface area contributed by atoms with Crippen molar-refractivity contribution in [2.45, 2.75) is 13.1 Å². The van der Waals surface area contributed by atoms with Gasteiger partial charge in [-0.15, -0.1) is 0 Å². The molecule has 0 unspecified atom stereocenters. The summed E-state index contributed by atoms with van der Waals surface area (Å²) in [6.45, 7) is 1.34. The van der Waals surface area contributed by atoms with Crippen molar-refractivity contribution in [1.29, 1.82) is 0 Å². The molecule has 0 fully saturated rings. The Morgan fingerprint density at radius 2 is 1.92 bits per heavy atom. The van der Waals surface area contributed by atoms with Gasteiger partial charge in [0.1, 0.15) is 28.9 Å². The molecule has 0 aliphatic heterocycles. The van der Waals surface area contributed by atoms with Gasteiger partial charge in [-0.25, -0.2) is 9.97 Å². The van der Waals surface area contributed by atoms with Gasteiger partial charge in [-0.05, 0) is 24.3 Å². The number of benzene rings is 1. The highest BCUT2D eigenvalue weighted by Gasteiger charge is 2.33. The fourth-order valence-electron chi connectivity index (χ4n) is 2.26. The zero-order valence-corrected chi connectivity index (χ0v) is 12.6. The molecule has 8 heteroatoms. The Bertz CT molecular complexity index is 932. The summed E-state index contributed by atoms with van der Waals surface area (Å²) in [5.74, 6) is 0.0351. The van der Waals surface area contributed by atoms with E-state index in [4.69, 9.17) is 9.15 Å². The molecule has 0 aliphatic rings. The normalized spacial score (nSPS) is 11.7. The van der Waals surface area contributed by atoms with Gasteiger partial charge in [0.25, 0.3) is 0 Å². The molecule has 0 amide bonds. The highest BCUT2D eigenvalue weighted by atomic mass is 19.4. The molecule has 2 heterocycles. The number of ether oxygens (including phenoxy) is 1. The quantitative estimate of drug-likeness (QED) is 0.673. The summed E-state index contributed by atoms with van der Waals surface area (Å²) in [6.07, 6.45) is -3.37. The first kappa shape index (κ1) is 16.0. The molecule has 5 nitrogen and oxygen atoms in total. The van der Waals surface area contributed by atoms with Crippen molar-refractivity contribution in [1.82, 2.24) is 9.97 Å². The number of fused-ring (bicyclic) bond motifs is 1. The van der Waals surface area contributed by atoms with Crippen LogP contribution in [0.5, 0.6) is 5.75 Å². The van der Waals surface area contributed by atoms with Gasteiger partial charge in [0.2, 0.25) is 5.89 Å². The van der Waals surface area contributed by atoms with E-state index < -0.39 is 11.9 Å². The smallest absolute Gasteiger partial charge is 0.433 e. The number of alkyl halides is 3. The van der Waals surface area contributed by atoms with Crippen LogP contribution >= 0.6 is 0 Å². The number of Topliss-reactive ketones (excluding diaryl/α,β-unsaturated/α-hetero) is 1. The first-order chi connectivity index (χ1) is 11.3. The lowest BCUT2D eigenvalue weighted by atomic mass is 10.1. The molecule has 0 spiro atoms. The number of carbonyl (C=O) groups excluding carboxylic acids is 1. The number of aromatic nitrogens is 2. The maximum atomic E-state index is 12.9. The Morgan fingerprint density at radius 3 is 2.50 bits per heavy atom. The van der Waals surface area contributed by atoms with Gasteiger partial charge in [-0.3, -0.25) is 4.79 Å². The fourth-order valence-corrected chi connectivity index (χ4v) is 2.26. The second-order valence-corrected chi connectivity index (χ2v) is 5.00. The van der Waals surface area contributed by atoms with E-state index in [2.05, 4.69) is 9.97 Å². The Labute approximate surface area is 134 Å². The molecular formula is C16H11F3N2O3. The van der Waals surface area contributed by atoms with E-state index in [-0.39, 0.29) is 28.6 Å². The van der Waals surface area contributed by atoms with Crippen LogP contribution in [0.15, 0.2) is 34.9 Å². The second-order valence-electron chi connectivity index (χ2n) is 5.00. The molecule has 0 saturated carbocycles. The van der Waals surface area contributed by atoms with E-state index in [1.807, 2.05) is 0 Å². The number of carbonyl (C=O) groups is 1. The SMILES string of the molecule is COc1ccc(-c2nc(C(C)=O)co2)c2ccc(C(F)(F)F)nc12. The summed E-state index contributed by atoms with van der Waals surface area (Å²) >= 11 is 0. The molecule has 0 aliphatic carbocycles. The van der Waals surface area contributed by atoms with Crippen LogP contribution in [0.2, 0.25) is 0 Å². The summed E-state index contributed by atoms with van der Waals surface area (Å²) in [6, 6.07) is 5.22. The molecule has 0 radical (unpaired) electrons. The Hall–Kier alpha value is -2.90. The van der Waals surface area contributed by atoms with Crippen molar-refractivity contribution in [3.05, 3.63) is 41.9 Å². The third kappa shape index (κ3) is 2.70. The van der Waals surface area contributed by atoms with Gasteiger partial charge in [-0.2, -0.15) is 13.2 Å². The van der Waals surface area contributed by atoms with Gasteiger partial charge in [0, 0.05) is 17.9 Å². The van der Waals surface area contributed by atoms with Gasteiger partial charge in [0.05, 0.1) is 7.11 Å². The molecular weight excluding hydrogens is 325 g/mol. The van der Waals surface area contributed by atoms with E-state index in [0.29, 0.717) is 10.9 Å². The lowest BCUT2D eigenvalue weighted by molar-refractivity contribution is -0.140. The number of methoxy groups -OCH3 is 1. The molecule has 0 bridgehead atoms. The number of hydrogen-bond acceptors (Lipinski definition) is 5. The summed E-state index contributed by atoms with van der Waals surface area (Å²) in [5.41, 5.74) is -0.442. The average molecular weight is 336 g/mol. The number of oxazole rings is 1. The van der Waals surface area contributed by atoms with Crippen LogP contribution in [0.3, 0.4) is 0 Å². The van der Waals surface area contributed by atoms with Crippen LogP contribution in [0.4, 0.5) is 13.2 Å². The van der Waals surface area contributed by atoms with Gasteiger partial charge < -0.3 is 9.15 Å². The minimum Gasteiger partial charge on any atom is -0.494 e. The van der Waals surface area contributed by atoms with Crippen molar-refractivity contribution >= 4 is 16.7 Å². The minimum atomic E-state index is -4.57. The van der Waals surface area contributed by atoms with Crippen LogP contribution in [0, 0.1) is 0 Å². The zero-order valence-electron chi connectivity index (χ0n) is 12.6. The van der Waals surface area contributed by atoms with Crippen LogP contribution in [0.25, 0.3) is 22.4 Å². The van der Waals surface area contributed by atoms with Crippen molar-refractivity contribution < 1.29 is 27.1 Å². The van der Waals surface area contributed by atoms with Gasteiger partial charge in [0.15, 0.2) is 5.78 Å². The number of pyridine rings is 1. The minimum absolute atomic E-state index is 0.0346. The summed E-state index contributed by atoms with van der Waals surface area (Å²) in [5, 5.41) is 0.374. The maximum Gasteiger partial charge on any atom is 0.433 e. The number of rotatable bonds is 3. The summed E-state index contributed by atoms with van der Waals surface area (Å²) in [4.78, 5) is 19.0. The predicted octanol–water partition coefficient (Wildman–Crippen LogP) is 4.12. The Balaban J connectivity index is 2.24. The third-order valence-corrected chi connectivity index (χ3v) is 3.43. The van der Waals surface area contributed by atoms with Crippen LogP contribution in [-0.4, -0.2) is 22.9 Å². The molecule has 3 rings (SSSR count). The van der Waals surface area contributed by atoms with Crippen LogP contribution in [-0.2, 0) is 6.18 Å². The zero-order chi connectivity index (χ0) is 17.5. The largest absolute Gasteiger partial charge is 0.494 e. The fraction of sp³-hybridized carbons (Fsp3) is 0.188. The predicted molar refractivity (Wildman–Crippen MR) is 78.8 cm³/mol. The number of ketones is 1. The highest BCUT2D eigenvalue weighted by Crippen LogP contribution is 2.36. The number of hydrogen-bond donors (Lipinski definition) is 0. The van der Waals surface area contributed by atoms with E-state index in [9.17, 15) is 18.0 Å². The molecule has 0 atom stereocenters. The first-order valence-electron chi connectivity index (χ1n) is 6.83. The van der Waals surface area contributed by atoms with Gasteiger partial charge in [-0.1, -0.05) is 0 Å². The molecule has 124 valence electrons. The Morgan fingerprint density at radius 1 is 1.17 bits per heavy atom. The van der Waals surface area contributed by atoms with E-state index in [0.717, 1.165) is 6.07 Å². The first-order valence-corrected chi connectivity index (χ1v) is 6.83. The standard InChI is InChI=1S/C16H11F3N2O3/c1-8(22)11-7-24-15(20-11)10-3-5-12(23-2)14-9(10)4-6-13(21-14)16(17,18)19/h3-7H,1-2H3. The maximum absolute atomic E-state index is 12.9. The van der Waals surface area contributed by atoms with Crippen molar-refractivity contribution in [3.63, 3.8) is 0 Å². The monoisotopic (exact) mass is 336 g/mol. The van der Waals surface area contributed by atoms with Crippen molar-refractivity contribution in [2.75, 3.05) is 7.11 Å². The van der Waals surface area contributed by atoms with Crippen LogP contribution < -0.4 is 4.74 Å². The van der Waals surface area contributed by atoms with Gasteiger partial charge >= 0.3 is 6.18 Å². The summed E-state index contributed by atoms with van der Waals surface area (Å²) < 4.78 is 49.0. The number of nitrogens with zero attached hydrogens (tertiary/aromatic N) is 2. The van der Waals surface area contributed by atoms with E-state index >= 15 is 0 Å². The lowest BCUT2D eigenvalue weighted by Gasteiger charge is -2.11. The molecule has 1 aromatic carbocycles. The second kappa shape index (κ2) is 5.63. The van der Waals surface area contributed by atoms with Crippen LogP contribution in [0.1, 0.15) is 23.1 Å². The molecule has 0 N–H and O–H groups in total. The average Bonchev–Trinajstić information content (AvgIpc) is 3.02. The molecule has 2 aromatic heterocycles. The molecule has 0 saturated heterocycles. The topological polar surface area (TPSA) is 65.2 Å². The third-order valence-electron chi connectivity index (χ3n) is 3.43. The lowest BCUT2D eigenvalue weighted by Crippen LogP contribution is -2.08. The highest BCUT2D eigenvalue weighted by molar-refractivity contribution is 5.97. The van der Waals surface area contributed by atoms with E-state index in [1.54, 1.807) is 6.07 Å². The Kier molecular flexibility index (Phi) is 3.75. The van der Waals surface area contributed by atoms with Crippen molar-refractivity contribution in [2.24, 2.45) is 0 Å². The van der Waals surface area contributed by atoms with Crippen molar-refractivity contribution in [3.8, 4) is 17.2 Å². The molecule has 3 aromatic rings. The molecule has 24 heavy (non-hydrogen) atoms.